The zero-order valence-corrected chi connectivity index (χ0v) is 7.05. The Kier molecular flexibility index (Phi) is 5.65. The van der Waals surface area contributed by atoms with Gasteiger partial charge in [-0.05, 0) is 6.42 Å². The van der Waals surface area contributed by atoms with E-state index in [2.05, 4.69) is 4.74 Å². The number of carbonyl (C=O) groups is 2. The van der Waals surface area contributed by atoms with Crippen LogP contribution in [0, 0.1) is 0 Å². The monoisotopic (exact) mass is 158 g/mol. The summed E-state index contributed by atoms with van der Waals surface area (Å²) in [6.45, 7) is 1.97. The summed E-state index contributed by atoms with van der Waals surface area (Å²) in [6.07, 6.45) is 1.33. The van der Waals surface area contributed by atoms with Crippen molar-refractivity contribution in [1.29, 1.82) is 0 Å². The lowest BCUT2D eigenvalue weighted by Crippen LogP contribution is -2.12. The van der Waals surface area contributed by atoms with Crippen LogP contribution >= 0.6 is 0 Å². The molecular formula is C8H14O3. The first-order valence-corrected chi connectivity index (χ1v) is 3.73. The van der Waals surface area contributed by atoms with Crippen LogP contribution in [0.25, 0.3) is 0 Å². The van der Waals surface area contributed by atoms with Crippen molar-refractivity contribution in [2.45, 2.75) is 26.2 Å². The molecule has 0 unspecified atom stereocenters. The minimum atomic E-state index is -0.133. The van der Waals surface area contributed by atoms with E-state index in [1.807, 2.05) is 6.92 Å². The Bertz CT molecular complexity index is 124. The Balaban J connectivity index is 3.49. The Hall–Kier alpha value is -0.700. The largest absolute Gasteiger partial charge is 0.377 e. The van der Waals surface area contributed by atoms with Gasteiger partial charge < -0.3 is 4.74 Å². The Morgan fingerprint density at radius 2 is 1.91 bits per heavy atom. The fourth-order valence-corrected chi connectivity index (χ4v) is 0.799. The van der Waals surface area contributed by atoms with Crippen LogP contribution in [0.15, 0.2) is 0 Å². The maximum Gasteiger partial charge on any atom is 0.165 e. The summed E-state index contributed by atoms with van der Waals surface area (Å²) in [4.78, 5) is 21.6. The number of ether oxygens (including phenoxy) is 1. The molecule has 0 radical (unpaired) electrons. The normalized spacial score (nSPS) is 9.64. The van der Waals surface area contributed by atoms with Crippen LogP contribution in [-0.4, -0.2) is 25.3 Å². The van der Waals surface area contributed by atoms with Crippen LogP contribution in [0.3, 0.4) is 0 Å². The van der Waals surface area contributed by atoms with Crippen LogP contribution < -0.4 is 0 Å². The first kappa shape index (κ1) is 10.3. The second kappa shape index (κ2) is 6.04. The van der Waals surface area contributed by atoms with Crippen LogP contribution in [0.4, 0.5) is 0 Å². The molecule has 0 spiro atoms. The van der Waals surface area contributed by atoms with E-state index >= 15 is 0 Å². The van der Waals surface area contributed by atoms with E-state index in [1.54, 1.807) is 0 Å². The number of carbonyl (C=O) groups excluding carboxylic acids is 2. The van der Waals surface area contributed by atoms with E-state index in [4.69, 9.17) is 0 Å². The average molecular weight is 158 g/mol. The van der Waals surface area contributed by atoms with Gasteiger partial charge in [0.15, 0.2) is 5.78 Å². The molecule has 0 rings (SSSR count). The predicted molar refractivity (Wildman–Crippen MR) is 41.4 cm³/mol. The number of Topliss-reactive ketones (excluding diaryl/α,β-unsaturated/α-hetero) is 2. The number of ketones is 2. The van der Waals surface area contributed by atoms with Crippen molar-refractivity contribution in [2.24, 2.45) is 0 Å². The summed E-state index contributed by atoms with van der Waals surface area (Å²) < 4.78 is 4.58. The van der Waals surface area contributed by atoms with Gasteiger partial charge in [-0.3, -0.25) is 9.59 Å². The number of hydrogen-bond donors (Lipinski definition) is 0. The molecule has 0 saturated heterocycles. The van der Waals surface area contributed by atoms with Gasteiger partial charge in [0.2, 0.25) is 0 Å². The van der Waals surface area contributed by atoms with Crippen molar-refractivity contribution in [3.63, 3.8) is 0 Å². The summed E-state index contributed by atoms with van der Waals surface area (Å²) in [5.41, 5.74) is 0. The summed E-state index contributed by atoms with van der Waals surface area (Å²) in [6, 6.07) is 0. The second-order valence-corrected chi connectivity index (χ2v) is 2.44. The van der Waals surface area contributed by atoms with Crippen molar-refractivity contribution in [1.82, 2.24) is 0 Å². The van der Waals surface area contributed by atoms with Crippen molar-refractivity contribution < 1.29 is 14.3 Å². The quantitative estimate of drug-likeness (QED) is 0.541. The fourth-order valence-electron chi connectivity index (χ4n) is 0.799. The van der Waals surface area contributed by atoms with Crippen molar-refractivity contribution in [3.8, 4) is 0 Å². The first-order valence-electron chi connectivity index (χ1n) is 3.73. The van der Waals surface area contributed by atoms with Gasteiger partial charge >= 0.3 is 0 Å². The van der Waals surface area contributed by atoms with Crippen molar-refractivity contribution >= 4 is 11.6 Å². The number of methoxy groups -OCH3 is 1. The number of rotatable bonds is 6. The van der Waals surface area contributed by atoms with Crippen LogP contribution in [0.1, 0.15) is 26.2 Å². The van der Waals surface area contributed by atoms with Crippen LogP contribution in [-0.2, 0) is 14.3 Å². The van der Waals surface area contributed by atoms with Gasteiger partial charge in [-0.1, -0.05) is 6.92 Å². The summed E-state index contributed by atoms with van der Waals surface area (Å²) in [7, 11) is 1.45. The maximum absolute atomic E-state index is 10.9. The maximum atomic E-state index is 10.9. The van der Waals surface area contributed by atoms with Gasteiger partial charge in [-0.15, -0.1) is 0 Å². The zero-order chi connectivity index (χ0) is 8.69. The lowest BCUT2D eigenvalue weighted by Gasteiger charge is -1.96. The molecule has 0 aliphatic rings. The second-order valence-electron chi connectivity index (χ2n) is 2.44. The smallest absolute Gasteiger partial charge is 0.165 e. The van der Waals surface area contributed by atoms with Gasteiger partial charge in [-0.25, -0.2) is 0 Å². The average Bonchev–Trinajstić information content (AvgIpc) is 1.87. The predicted octanol–water partition coefficient (Wildman–Crippen LogP) is 0.961. The third-order valence-electron chi connectivity index (χ3n) is 1.23. The minimum Gasteiger partial charge on any atom is -0.377 e. The van der Waals surface area contributed by atoms with E-state index in [0.717, 1.165) is 6.42 Å². The minimum absolute atomic E-state index is 0.00884. The molecule has 0 aliphatic carbocycles. The van der Waals surface area contributed by atoms with Gasteiger partial charge in [-0.2, -0.15) is 0 Å². The molecule has 3 nitrogen and oxygen atoms in total. The van der Waals surface area contributed by atoms with Crippen molar-refractivity contribution in [3.05, 3.63) is 0 Å². The van der Waals surface area contributed by atoms with E-state index in [0.29, 0.717) is 6.42 Å². The molecule has 11 heavy (non-hydrogen) atoms. The van der Waals surface area contributed by atoms with Gasteiger partial charge in [0.25, 0.3) is 0 Å². The lowest BCUT2D eigenvalue weighted by molar-refractivity contribution is -0.129. The highest BCUT2D eigenvalue weighted by molar-refractivity contribution is 5.99. The Labute approximate surface area is 66.7 Å². The van der Waals surface area contributed by atoms with Crippen LogP contribution in [0.2, 0.25) is 0 Å². The molecule has 0 fully saturated rings. The molecule has 0 aromatic heterocycles. The standard InChI is InChI=1S/C8H14O3/c1-3-4-7(9)5-8(10)6-11-2/h3-6H2,1-2H3. The Morgan fingerprint density at radius 3 is 2.36 bits per heavy atom. The molecule has 0 aliphatic heterocycles. The summed E-state index contributed by atoms with van der Waals surface area (Å²) in [5, 5.41) is 0. The highest BCUT2D eigenvalue weighted by Crippen LogP contribution is 1.95. The van der Waals surface area contributed by atoms with E-state index in [1.165, 1.54) is 7.11 Å². The lowest BCUT2D eigenvalue weighted by atomic mass is 10.1. The molecule has 0 amide bonds. The highest BCUT2D eigenvalue weighted by atomic mass is 16.5. The molecule has 0 N–H and O–H groups in total. The molecule has 64 valence electrons. The zero-order valence-electron chi connectivity index (χ0n) is 7.05. The van der Waals surface area contributed by atoms with Gasteiger partial charge in [0, 0.05) is 13.5 Å². The third kappa shape index (κ3) is 5.73. The molecule has 0 aromatic carbocycles. The SMILES string of the molecule is CCCC(=O)CC(=O)COC. The first-order chi connectivity index (χ1) is 5.20. The molecule has 0 heterocycles. The van der Waals surface area contributed by atoms with Crippen molar-refractivity contribution in [2.75, 3.05) is 13.7 Å². The topological polar surface area (TPSA) is 43.4 Å². The molecule has 0 bridgehead atoms. The van der Waals surface area contributed by atoms with Gasteiger partial charge in [0.05, 0.1) is 6.42 Å². The fraction of sp³-hybridized carbons (Fsp3) is 0.750. The van der Waals surface area contributed by atoms with Crippen LogP contribution in [0.5, 0.6) is 0 Å². The third-order valence-corrected chi connectivity index (χ3v) is 1.23. The summed E-state index contributed by atoms with van der Waals surface area (Å²) >= 11 is 0. The highest BCUT2D eigenvalue weighted by Gasteiger charge is 2.07. The summed E-state index contributed by atoms with van der Waals surface area (Å²) in [5.74, 6) is -0.125. The molecule has 0 aromatic rings. The van der Waals surface area contributed by atoms with E-state index in [9.17, 15) is 9.59 Å². The Morgan fingerprint density at radius 1 is 1.27 bits per heavy atom. The van der Waals surface area contributed by atoms with E-state index in [-0.39, 0.29) is 24.6 Å². The van der Waals surface area contributed by atoms with E-state index < -0.39 is 0 Å². The molecule has 0 atom stereocenters. The van der Waals surface area contributed by atoms with Gasteiger partial charge in [0.1, 0.15) is 12.4 Å². The molecule has 0 saturated carbocycles. The molecular weight excluding hydrogens is 144 g/mol. The molecule has 3 heteroatoms. The number of hydrogen-bond acceptors (Lipinski definition) is 3.